The summed E-state index contributed by atoms with van der Waals surface area (Å²) in [6, 6.07) is 0. The Morgan fingerprint density at radius 2 is 1.25 bits per heavy atom. The zero-order valence-corrected chi connectivity index (χ0v) is 9.89. The van der Waals surface area contributed by atoms with Gasteiger partial charge in [0.2, 0.25) is 0 Å². The molecule has 0 spiro atoms. The van der Waals surface area contributed by atoms with Crippen LogP contribution in [-0.2, 0) is 4.79 Å². The second kappa shape index (κ2) is 4.31. The van der Waals surface area contributed by atoms with Crippen molar-refractivity contribution < 1.29 is 4.79 Å². The van der Waals surface area contributed by atoms with E-state index in [1.54, 1.807) is 12.2 Å². The SMILES string of the molecule is C=C(C)/C=C1\C(=C)C(=C)/C(=C\C(=C)C)C1=O. The molecule has 1 heteroatoms. The molecule has 0 aromatic heterocycles. The molecule has 1 saturated carbocycles. The molecule has 0 bridgehead atoms. The average Bonchev–Trinajstić information content (AvgIpc) is 2.34. The van der Waals surface area contributed by atoms with E-state index in [-0.39, 0.29) is 5.78 Å². The van der Waals surface area contributed by atoms with Gasteiger partial charge in [0.1, 0.15) is 0 Å². The van der Waals surface area contributed by atoms with Crippen molar-refractivity contribution in [3.05, 3.63) is 71.9 Å². The first kappa shape index (κ1) is 12.2. The lowest BCUT2D eigenvalue weighted by Gasteiger charge is -1.95. The van der Waals surface area contributed by atoms with Crippen LogP contribution in [0.1, 0.15) is 13.8 Å². The predicted octanol–water partition coefficient (Wildman–Crippen LogP) is 3.69. The van der Waals surface area contributed by atoms with Gasteiger partial charge in [-0.3, -0.25) is 4.79 Å². The van der Waals surface area contributed by atoms with E-state index in [9.17, 15) is 4.79 Å². The van der Waals surface area contributed by atoms with Crippen molar-refractivity contribution in [1.82, 2.24) is 0 Å². The highest BCUT2D eigenvalue weighted by Crippen LogP contribution is 2.35. The van der Waals surface area contributed by atoms with E-state index < -0.39 is 0 Å². The first-order valence-corrected chi connectivity index (χ1v) is 5.02. The minimum atomic E-state index is -0.0407. The van der Waals surface area contributed by atoms with Gasteiger partial charge in [-0.05, 0) is 37.1 Å². The third-order valence-corrected chi connectivity index (χ3v) is 2.29. The van der Waals surface area contributed by atoms with E-state index in [1.165, 1.54) is 0 Å². The van der Waals surface area contributed by atoms with Gasteiger partial charge in [-0.2, -0.15) is 0 Å². The lowest BCUT2D eigenvalue weighted by Crippen LogP contribution is -1.96. The molecule has 0 aliphatic heterocycles. The molecule has 1 rings (SSSR count). The molecule has 1 nitrogen and oxygen atoms in total. The van der Waals surface area contributed by atoms with Crippen LogP contribution in [0.15, 0.2) is 71.9 Å². The Kier molecular flexibility index (Phi) is 3.28. The molecule has 0 N–H and O–H groups in total. The number of rotatable bonds is 2. The van der Waals surface area contributed by atoms with Crippen molar-refractivity contribution in [3.8, 4) is 0 Å². The van der Waals surface area contributed by atoms with Crippen LogP contribution in [0.25, 0.3) is 0 Å². The van der Waals surface area contributed by atoms with Crippen molar-refractivity contribution in [2.45, 2.75) is 13.8 Å². The maximum absolute atomic E-state index is 12.1. The van der Waals surface area contributed by atoms with Gasteiger partial charge in [0.05, 0.1) is 0 Å². The second-order valence-electron chi connectivity index (χ2n) is 4.09. The molecule has 0 amide bonds. The highest BCUT2D eigenvalue weighted by molar-refractivity contribution is 6.20. The van der Waals surface area contributed by atoms with Crippen LogP contribution in [-0.4, -0.2) is 5.78 Å². The van der Waals surface area contributed by atoms with Gasteiger partial charge in [-0.25, -0.2) is 0 Å². The topological polar surface area (TPSA) is 17.1 Å². The lowest BCUT2D eigenvalue weighted by atomic mass is 10.1. The molecule has 0 heterocycles. The van der Waals surface area contributed by atoms with E-state index in [0.717, 1.165) is 11.1 Å². The lowest BCUT2D eigenvalue weighted by molar-refractivity contribution is -0.111. The van der Waals surface area contributed by atoms with Crippen molar-refractivity contribution in [2.75, 3.05) is 0 Å². The monoisotopic (exact) mass is 212 g/mol. The van der Waals surface area contributed by atoms with E-state index in [0.29, 0.717) is 22.3 Å². The number of allylic oxidation sites excluding steroid dienone is 8. The van der Waals surface area contributed by atoms with Gasteiger partial charge in [-0.1, -0.05) is 37.5 Å². The van der Waals surface area contributed by atoms with E-state index in [1.807, 2.05) is 13.8 Å². The predicted molar refractivity (Wildman–Crippen MR) is 69.1 cm³/mol. The molecule has 1 aliphatic rings. The smallest absolute Gasteiger partial charge is 0.194 e. The third kappa shape index (κ3) is 2.19. The summed E-state index contributed by atoms with van der Waals surface area (Å²) in [5.74, 6) is -0.0407. The summed E-state index contributed by atoms with van der Waals surface area (Å²) in [6.45, 7) is 19.0. The average molecular weight is 212 g/mol. The normalized spacial score (nSPS) is 21.0. The summed E-state index contributed by atoms with van der Waals surface area (Å²) in [6.07, 6.45) is 3.49. The molecule has 16 heavy (non-hydrogen) atoms. The van der Waals surface area contributed by atoms with Gasteiger partial charge in [0, 0.05) is 11.1 Å². The van der Waals surface area contributed by atoms with Gasteiger partial charge in [0.25, 0.3) is 0 Å². The van der Waals surface area contributed by atoms with Crippen LogP contribution in [0.3, 0.4) is 0 Å². The molecular formula is C15H16O. The highest BCUT2D eigenvalue weighted by Gasteiger charge is 2.29. The van der Waals surface area contributed by atoms with E-state index >= 15 is 0 Å². The van der Waals surface area contributed by atoms with Crippen LogP contribution in [0.5, 0.6) is 0 Å². The largest absolute Gasteiger partial charge is 0.289 e. The van der Waals surface area contributed by atoms with Gasteiger partial charge in [0.15, 0.2) is 5.78 Å². The molecule has 1 fully saturated rings. The Labute approximate surface area is 96.9 Å². The van der Waals surface area contributed by atoms with Crippen LogP contribution in [0, 0.1) is 0 Å². The van der Waals surface area contributed by atoms with Crippen LogP contribution < -0.4 is 0 Å². The Balaban J connectivity index is 3.30. The van der Waals surface area contributed by atoms with Crippen molar-refractivity contribution in [2.24, 2.45) is 0 Å². The summed E-state index contributed by atoms with van der Waals surface area (Å²) in [5.41, 5.74) is 4.19. The summed E-state index contributed by atoms with van der Waals surface area (Å²) in [7, 11) is 0. The number of Topliss-reactive ketones (excluding diaryl/α,β-unsaturated/α-hetero) is 1. The number of hydrogen-bond donors (Lipinski definition) is 0. The van der Waals surface area contributed by atoms with Crippen LogP contribution >= 0.6 is 0 Å². The maximum atomic E-state index is 12.1. The molecule has 0 aromatic carbocycles. The van der Waals surface area contributed by atoms with Crippen molar-refractivity contribution >= 4 is 5.78 Å². The molecule has 0 aromatic rings. The Hall–Kier alpha value is -1.89. The zero-order valence-electron chi connectivity index (χ0n) is 9.89. The fourth-order valence-electron chi connectivity index (χ4n) is 1.54. The second-order valence-corrected chi connectivity index (χ2v) is 4.09. The Bertz CT molecular complexity index is 438. The molecule has 0 atom stereocenters. The zero-order chi connectivity index (χ0) is 12.5. The minimum absolute atomic E-state index is 0.0407. The molecule has 82 valence electrons. The van der Waals surface area contributed by atoms with Gasteiger partial charge in [-0.15, -0.1) is 0 Å². The fraction of sp³-hybridized carbons (Fsp3) is 0.133. The number of carbonyl (C=O) groups is 1. The molecular weight excluding hydrogens is 196 g/mol. The first-order valence-electron chi connectivity index (χ1n) is 5.02. The third-order valence-electron chi connectivity index (χ3n) is 2.29. The summed E-state index contributed by atoms with van der Waals surface area (Å²) >= 11 is 0. The van der Waals surface area contributed by atoms with Crippen LogP contribution in [0.2, 0.25) is 0 Å². The van der Waals surface area contributed by atoms with E-state index in [4.69, 9.17) is 0 Å². The quantitative estimate of drug-likeness (QED) is 0.638. The maximum Gasteiger partial charge on any atom is 0.194 e. The molecule has 1 aliphatic carbocycles. The summed E-state index contributed by atoms with van der Waals surface area (Å²) in [5, 5.41) is 0. The number of carbonyl (C=O) groups excluding carboxylic acids is 1. The van der Waals surface area contributed by atoms with Gasteiger partial charge < -0.3 is 0 Å². The fourth-order valence-corrected chi connectivity index (χ4v) is 1.54. The van der Waals surface area contributed by atoms with E-state index in [2.05, 4.69) is 26.3 Å². The van der Waals surface area contributed by atoms with Gasteiger partial charge >= 0.3 is 0 Å². The highest BCUT2D eigenvalue weighted by atomic mass is 16.1. The first-order chi connectivity index (χ1) is 7.34. The summed E-state index contributed by atoms with van der Waals surface area (Å²) in [4.78, 5) is 12.1. The minimum Gasteiger partial charge on any atom is -0.289 e. The Morgan fingerprint density at radius 3 is 1.50 bits per heavy atom. The molecule has 0 unspecified atom stereocenters. The Morgan fingerprint density at radius 1 is 0.938 bits per heavy atom. The standard InChI is InChI=1S/C15H16O/c1-9(2)7-13-11(5)12(6)14(15(13)16)8-10(3)4/h7-8H,1,3,5-6H2,2,4H3/b13-7+,14-8+. The van der Waals surface area contributed by atoms with Crippen LogP contribution in [0.4, 0.5) is 0 Å². The number of ketones is 1. The van der Waals surface area contributed by atoms with Crippen molar-refractivity contribution in [1.29, 1.82) is 0 Å². The molecule has 0 radical (unpaired) electrons. The molecule has 0 saturated heterocycles. The number of hydrogen-bond acceptors (Lipinski definition) is 1. The van der Waals surface area contributed by atoms with Crippen molar-refractivity contribution in [3.63, 3.8) is 0 Å². The summed E-state index contributed by atoms with van der Waals surface area (Å²) < 4.78 is 0.